The van der Waals surface area contributed by atoms with Crippen molar-refractivity contribution in [3.63, 3.8) is 0 Å². The van der Waals surface area contributed by atoms with Gasteiger partial charge in [-0.05, 0) is 36.1 Å². The zero-order valence-corrected chi connectivity index (χ0v) is 18.9. The molecule has 0 fully saturated rings. The molecule has 8 heteroatoms. The third-order valence-corrected chi connectivity index (χ3v) is 5.45. The van der Waals surface area contributed by atoms with E-state index in [9.17, 15) is 4.79 Å². The number of carbonyl (C=O) groups excluding carboxylic acids is 1. The number of hydrogen-bond acceptors (Lipinski definition) is 6. The molecule has 0 saturated heterocycles. The molecule has 33 heavy (non-hydrogen) atoms. The highest BCUT2D eigenvalue weighted by atomic mass is 16.2. The van der Waals surface area contributed by atoms with Crippen molar-refractivity contribution >= 4 is 11.7 Å². The highest BCUT2D eigenvalue weighted by molar-refractivity contribution is 5.95. The molecule has 1 amide bonds. The highest BCUT2D eigenvalue weighted by Gasteiger charge is 2.22. The molecule has 1 unspecified atom stereocenters. The number of nitrogens with zero attached hydrogens (tertiary/aromatic N) is 5. The van der Waals surface area contributed by atoms with E-state index in [4.69, 9.17) is 0 Å². The number of nitrogens with one attached hydrogen (secondary N) is 2. The van der Waals surface area contributed by atoms with Crippen LogP contribution in [0, 0.1) is 6.92 Å². The third-order valence-electron chi connectivity index (χ3n) is 5.45. The first-order valence-electron chi connectivity index (χ1n) is 10.8. The Hall–Kier alpha value is -3.91. The lowest BCUT2D eigenvalue weighted by Gasteiger charge is -2.21. The predicted molar refractivity (Wildman–Crippen MR) is 127 cm³/mol. The first-order valence-corrected chi connectivity index (χ1v) is 10.8. The van der Waals surface area contributed by atoms with Gasteiger partial charge in [-0.3, -0.25) is 9.48 Å². The minimum absolute atomic E-state index is 0.140. The quantitative estimate of drug-likeness (QED) is 0.433. The number of benzene rings is 1. The van der Waals surface area contributed by atoms with Crippen molar-refractivity contribution in [1.82, 2.24) is 30.0 Å². The second-order valence-electron chi connectivity index (χ2n) is 8.04. The summed E-state index contributed by atoms with van der Waals surface area (Å²) in [5.74, 6) is 1.20. The number of aromatic nitrogens is 5. The maximum absolute atomic E-state index is 13.2. The van der Waals surface area contributed by atoms with Gasteiger partial charge in [-0.2, -0.15) is 5.10 Å². The molecule has 0 radical (unpaired) electrons. The van der Waals surface area contributed by atoms with Gasteiger partial charge in [-0.15, -0.1) is 0 Å². The van der Waals surface area contributed by atoms with Crippen LogP contribution in [0.5, 0.6) is 0 Å². The van der Waals surface area contributed by atoms with E-state index < -0.39 is 6.04 Å². The van der Waals surface area contributed by atoms with Crippen LogP contribution >= 0.6 is 0 Å². The summed E-state index contributed by atoms with van der Waals surface area (Å²) in [5.41, 5.74) is 3.82. The topological polar surface area (TPSA) is 97.6 Å². The van der Waals surface area contributed by atoms with Crippen LogP contribution in [0.2, 0.25) is 0 Å². The van der Waals surface area contributed by atoms with Gasteiger partial charge in [-0.1, -0.05) is 37.3 Å². The first kappa shape index (κ1) is 22.3. The van der Waals surface area contributed by atoms with E-state index in [0.29, 0.717) is 12.4 Å². The molecule has 0 aliphatic heterocycles. The molecule has 2 atom stereocenters. The van der Waals surface area contributed by atoms with Gasteiger partial charge < -0.3 is 10.6 Å². The fourth-order valence-electron chi connectivity index (χ4n) is 3.48. The molecule has 0 aliphatic rings. The molecule has 3 heterocycles. The molecular formula is C25H27N7O. The van der Waals surface area contributed by atoms with Crippen LogP contribution in [0.3, 0.4) is 0 Å². The van der Waals surface area contributed by atoms with Gasteiger partial charge in [0.25, 0.3) is 0 Å². The molecule has 0 aliphatic carbocycles. The van der Waals surface area contributed by atoms with Gasteiger partial charge in [0.05, 0.1) is 6.20 Å². The largest absolute Gasteiger partial charge is 0.309 e. The lowest BCUT2D eigenvalue weighted by Crippen LogP contribution is -2.35. The number of hydrogen-bond donors (Lipinski definition) is 2. The Labute approximate surface area is 193 Å². The maximum atomic E-state index is 13.2. The van der Waals surface area contributed by atoms with E-state index in [1.165, 1.54) is 0 Å². The minimum Gasteiger partial charge on any atom is -0.309 e. The first-order chi connectivity index (χ1) is 16.0. The van der Waals surface area contributed by atoms with Crippen molar-refractivity contribution in [1.29, 1.82) is 0 Å². The smallest absolute Gasteiger partial charge is 0.247 e. The number of pyridine rings is 1. The Kier molecular flexibility index (Phi) is 6.85. The maximum Gasteiger partial charge on any atom is 0.247 e. The normalized spacial score (nSPS) is 12.8. The lowest BCUT2D eigenvalue weighted by atomic mass is 10.0. The van der Waals surface area contributed by atoms with Crippen LogP contribution in [-0.4, -0.2) is 37.2 Å². The Morgan fingerprint density at radius 2 is 1.70 bits per heavy atom. The lowest BCUT2D eigenvalue weighted by molar-refractivity contribution is -0.118. The second-order valence-corrected chi connectivity index (χ2v) is 8.04. The summed E-state index contributed by atoms with van der Waals surface area (Å²) in [4.78, 5) is 26.2. The Balaban J connectivity index is 1.46. The standard InChI is InChI=1S/C25H27N7O/c1-17(21-13-26-18(2)27-14-21)11-29-24(19-7-5-4-6-8-19)25(33)31-23-10-9-20(12-28-23)22-15-30-32(3)16-22/h4-10,12-17,24,29H,11H2,1-3H3,(H,28,31,33)/t17?,24-/m0/s1. The number of aryl methyl sites for hydroxylation is 2. The molecule has 0 bridgehead atoms. The zero-order valence-electron chi connectivity index (χ0n) is 18.9. The van der Waals surface area contributed by atoms with E-state index in [-0.39, 0.29) is 11.8 Å². The van der Waals surface area contributed by atoms with Gasteiger partial charge in [0, 0.05) is 49.5 Å². The fourth-order valence-corrected chi connectivity index (χ4v) is 3.48. The fraction of sp³-hybridized carbons (Fsp3) is 0.240. The van der Waals surface area contributed by atoms with Crippen molar-refractivity contribution in [3.05, 3.63) is 90.4 Å². The minimum atomic E-state index is -0.528. The summed E-state index contributed by atoms with van der Waals surface area (Å²) in [6, 6.07) is 12.9. The van der Waals surface area contributed by atoms with E-state index >= 15 is 0 Å². The molecule has 0 saturated carbocycles. The number of anilines is 1. The van der Waals surface area contributed by atoms with E-state index in [2.05, 4.69) is 37.6 Å². The van der Waals surface area contributed by atoms with Crippen molar-refractivity contribution in [2.24, 2.45) is 7.05 Å². The summed E-state index contributed by atoms with van der Waals surface area (Å²) >= 11 is 0. The summed E-state index contributed by atoms with van der Waals surface area (Å²) in [7, 11) is 1.87. The Bertz CT molecular complexity index is 1190. The summed E-state index contributed by atoms with van der Waals surface area (Å²) in [6.07, 6.45) is 9.10. The van der Waals surface area contributed by atoms with Gasteiger partial charge in [-0.25, -0.2) is 15.0 Å². The summed E-state index contributed by atoms with van der Waals surface area (Å²) in [6.45, 7) is 4.53. The van der Waals surface area contributed by atoms with Crippen LogP contribution in [0.4, 0.5) is 5.82 Å². The summed E-state index contributed by atoms with van der Waals surface area (Å²) in [5, 5.41) is 10.5. The van der Waals surface area contributed by atoms with Gasteiger partial charge >= 0.3 is 0 Å². The van der Waals surface area contributed by atoms with Crippen LogP contribution in [0.15, 0.2) is 73.4 Å². The molecular weight excluding hydrogens is 414 g/mol. The van der Waals surface area contributed by atoms with Crippen LogP contribution in [0.1, 0.15) is 35.8 Å². The molecule has 168 valence electrons. The average molecular weight is 442 g/mol. The molecule has 3 aromatic heterocycles. The summed E-state index contributed by atoms with van der Waals surface area (Å²) < 4.78 is 1.74. The van der Waals surface area contributed by atoms with Crippen molar-refractivity contribution in [2.75, 3.05) is 11.9 Å². The molecule has 0 spiro atoms. The molecule has 8 nitrogen and oxygen atoms in total. The zero-order chi connectivity index (χ0) is 23.2. The molecule has 4 aromatic rings. The molecule has 4 rings (SSSR count). The number of carbonyl (C=O) groups is 1. The van der Waals surface area contributed by atoms with Crippen LogP contribution in [0.25, 0.3) is 11.1 Å². The van der Waals surface area contributed by atoms with Crippen molar-refractivity contribution in [3.8, 4) is 11.1 Å². The monoisotopic (exact) mass is 441 g/mol. The van der Waals surface area contributed by atoms with E-state index in [1.807, 2.05) is 69.0 Å². The Morgan fingerprint density at radius 1 is 0.939 bits per heavy atom. The third kappa shape index (κ3) is 5.67. The average Bonchev–Trinajstić information content (AvgIpc) is 3.27. The highest BCUT2D eigenvalue weighted by Crippen LogP contribution is 2.21. The predicted octanol–water partition coefficient (Wildman–Crippen LogP) is 3.65. The second kappa shape index (κ2) is 10.1. The van der Waals surface area contributed by atoms with Gasteiger partial charge in [0.1, 0.15) is 17.7 Å². The molecule has 1 aromatic carbocycles. The van der Waals surface area contributed by atoms with Crippen molar-refractivity contribution < 1.29 is 4.79 Å². The molecule has 2 N–H and O–H groups in total. The van der Waals surface area contributed by atoms with Crippen molar-refractivity contribution in [2.45, 2.75) is 25.8 Å². The number of rotatable bonds is 8. The van der Waals surface area contributed by atoms with Gasteiger partial charge in [0.2, 0.25) is 5.91 Å². The SMILES string of the molecule is Cc1ncc(C(C)CN[C@H](C(=O)Nc2ccc(-c3cnn(C)c3)cn2)c2ccccc2)cn1. The van der Waals surface area contributed by atoms with Crippen LogP contribution < -0.4 is 10.6 Å². The van der Waals surface area contributed by atoms with E-state index in [1.54, 1.807) is 23.1 Å². The Morgan fingerprint density at radius 3 is 2.33 bits per heavy atom. The van der Waals surface area contributed by atoms with E-state index in [0.717, 1.165) is 28.1 Å². The van der Waals surface area contributed by atoms with Crippen LogP contribution in [-0.2, 0) is 11.8 Å². The number of amides is 1. The van der Waals surface area contributed by atoms with Gasteiger partial charge in [0.15, 0.2) is 0 Å².